The molecule has 4 heteroatoms. The molecule has 5 atom stereocenters. The monoisotopic (exact) mass is 430 g/mol. The molecule has 3 aliphatic carbocycles. The quantitative estimate of drug-likeness (QED) is 0.426. The van der Waals surface area contributed by atoms with E-state index in [4.69, 9.17) is 0 Å². The van der Waals surface area contributed by atoms with Crippen molar-refractivity contribution in [3.8, 4) is 0 Å². The van der Waals surface area contributed by atoms with Crippen LogP contribution in [0.4, 0.5) is 0 Å². The number of ketones is 3. The minimum Gasteiger partial charge on any atom is -0.300 e. The van der Waals surface area contributed by atoms with Gasteiger partial charge in [-0.15, -0.1) is 0 Å². The maximum absolute atomic E-state index is 12.8. The molecular weight excluding hydrogens is 403 g/mol. The lowest BCUT2D eigenvalue weighted by Crippen LogP contribution is -2.49. The van der Waals surface area contributed by atoms with E-state index < -0.39 is 0 Å². The van der Waals surface area contributed by atoms with Gasteiger partial charge in [0, 0.05) is 31.6 Å². The number of hydrogen-bond acceptors (Lipinski definition) is 3. The van der Waals surface area contributed by atoms with Crippen molar-refractivity contribution in [3.63, 3.8) is 0 Å². The fourth-order valence-corrected chi connectivity index (χ4v) is 5.93. The van der Waals surface area contributed by atoms with Crippen LogP contribution in [0.3, 0.4) is 0 Å². The molecule has 23 heavy (non-hydrogen) atoms. The molecule has 5 unspecified atom stereocenters. The molecule has 0 radical (unpaired) electrons. The van der Waals surface area contributed by atoms with Gasteiger partial charge in [-0.25, -0.2) is 0 Å². The number of carbonyl (C=O) groups excluding carboxylic acids is 3. The summed E-state index contributed by atoms with van der Waals surface area (Å²) in [5.41, 5.74) is 0.104. The largest absolute Gasteiger partial charge is 0.300 e. The molecule has 0 aromatic heterocycles. The van der Waals surface area contributed by atoms with E-state index in [1.54, 1.807) is 0 Å². The Morgan fingerprint density at radius 2 is 1.70 bits per heavy atom. The number of carbonyl (C=O) groups is 3. The van der Waals surface area contributed by atoms with E-state index in [1.807, 2.05) is 6.92 Å². The van der Waals surface area contributed by atoms with Crippen LogP contribution in [0, 0.1) is 23.2 Å². The van der Waals surface area contributed by atoms with Crippen LogP contribution in [0.5, 0.6) is 0 Å². The molecule has 128 valence electrons. The summed E-state index contributed by atoms with van der Waals surface area (Å²) in [4.78, 5) is 37.1. The van der Waals surface area contributed by atoms with E-state index in [0.29, 0.717) is 49.1 Å². The van der Waals surface area contributed by atoms with Crippen molar-refractivity contribution in [1.82, 2.24) is 0 Å². The molecule has 3 rings (SSSR count). The van der Waals surface area contributed by atoms with Crippen LogP contribution in [0.15, 0.2) is 0 Å². The molecule has 3 aliphatic rings. The molecule has 0 amide bonds. The number of fused-ring (bicyclic) bond motifs is 3. The third-order valence-corrected chi connectivity index (χ3v) is 8.17. The highest BCUT2D eigenvalue weighted by atomic mass is 127. The minimum absolute atomic E-state index is 0.104. The maximum atomic E-state index is 12.8. The van der Waals surface area contributed by atoms with Gasteiger partial charge in [-0.3, -0.25) is 14.4 Å². The van der Waals surface area contributed by atoms with Gasteiger partial charge in [-0.05, 0) is 56.3 Å². The predicted molar refractivity (Wildman–Crippen MR) is 97.6 cm³/mol. The Hall–Kier alpha value is -0.260. The molecule has 3 saturated carbocycles. The zero-order valence-electron chi connectivity index (χ0n) is 14.2. The SMILES string of the molecule is CC1(I)CCC2C(CCC3CC(=O)CCC32C)C(=O)CCC1=O. The van der Waals surface area contributed by atoms with Crippen LogP contribution < -0.4 is 0 Å². The highest BCUT2D eigenvalue weighted by Gasteiger charge is 2.52. The van der Waals surface area contributed by atoms with E-state index in [1.165, 1.54) is 0 Å². The Labute approximate surface area is 152 Å². The molecule has 0 heterocycles. The summed E-state index contributed by atoms with van der Waals surface area (Å²) in [6.07, 6.45) is 6.85. The Morgan fingerprint density at radius 3 is 2.43 bits per heavy atom. The summed E-state index contributed by atoms with van der Waals surface area (Å²) in [5.74, 6) is 1.83. The average molecular weight is 430 g/mol. The van der Waals surface area contributed by atoms with Crippen LogP contribution in [0.2, 0.25) is 0 Å². The number of alkyl halides is 1. The first kappa shape index (κ1) is 17.6. The van der Waals surface area contributed by atoms with E-state index in [-0.39, 0.29) is 20.5 Å². The molecule has 0 aliphatic heterocycles. The van der Waals surface area contributed by atoms with Crippen LogP contribution >= 0.6 is 22.6 Å². The average Bonchev–Trinajstić information content (AvgIpc) is 2.53. The van der Waals surface area contributed by atoms with Gasteiger partial charge < -0.3 is 0 Å². The molecule has 0 aromatic rings. The lowest BCUT2D eigenvalue weighted by atomic mass is 9.51. The maximum Gasteiger partial charge on any atom is 0.148 e. The van der Waals surface area contributed by atoms with Crippen molar-refractivity contribution in [2.45, 2.75) is 75.1 Å². The Bertz CT molecular complexity index is 539. The second kappa shape index (κ2) is 6.23. The molecule has 0 bridgehead atoms. The van der Waals surface area contributed by atoms with Gasteiger partial charge in [0.15, 0.2) is 0 Å². The van der Waals surface area contributed by atoms with Crippen LogP contribution in [-0.2, 0) is 14.4 Å². The fourth-order valence-electron chi connectivity index (χ4n) is 5.35. The van der Waals surface area contributed by atoms with Gasteiger partial charge in [-0.1, -0.05) is 29.5 Å². The van der Waals surface area contributed by atoms with Crippen molar-refractivity contribution >= 4 is 39.9 Å². The summed E-state index contributed by atoms with van der Waals surface area (Å²) in [7, 11) is 0. The highest BCUT2D eigenvalue weighted by Crippen LogP contribution is 2.57. The Morgan fingerprint density at radius 1 is 0.957 bits per heavy atom. The van der Waals surface area contributed by atoms with Gasteiger partial charge in [0.1, 0.15) is 17.3 Å². The molecule has 3 nitrogen and oxygen atoms in total. The standard InChI is InChI=1S/C19H27IO3/c1-18-9-7-13(21)11-12(18)3-4-14-15(18)8-10-19(2,20)17(23)6-5-16(14)22/h12,14-15H,3-11H2,1-2H3. The van der Waals surface area contributed by atoms with Gasteiger partial charge in [0.05, 0.1) is 3.42 Å². The van der Waals surface area contributed by atoms with Gasteiger partial charge in [0.25, 0.3) is 0 Å². The molecule has 0 spiro atoms. The summed E-state index contributed by atoms with van der Waals surface area (Å²) < 4.78 is -0.347. The number of halogens is 1. The fraction of sp³-hybridized carbons (Fsp3) is 0.842. The highest BCUT2D eigenvalue weighted by molar-refractivity contribution is 14.1. The summed E-state index contributed by atoms with van der Waals surface area (Å²) in [6, 6.07) is 0. The molecule has 0 saturated heterocycles. The molecular formula is C19H27IO3. The second-order valence-corrected chi connectivity index (χ2v) is 10.7. The van der Waals surface area contributed by atoms with Crippen LogP contribution in [0.1, 0.15) is 71.6 Å². The first-order chi connectivity index (χ1) is 10.7. The van der Waals surface area contributed by atoms with E-state index in [9.17, 15) is 14.4 Å². The van der Waals surface area contributed by atoms with E-state index >= 15 is 0 Å². The summed E-state index contributed by atoms with van der Waals surface area (Å²) in [5, 5.41) is 0. The number of hydrogen-bond donors (Lipinski definition) is 0. The van der Waals surface area contributed by atoms with Crippen molar-refractivity contribution in [1.29, 1.82) is 0 Å². The van der Waals surface area contributed by atoms with Gasteiger partial charge >= 0.3 is 0 Å². The van der Waals surface area contributed by atoms with Crippen LogP contribution in [-0.4, -0.2) is 20.8 Å². The lowest BCUT2D eigenvalue weighted by molar-refractivity contribution is -0.138. The zero-order valence-corrected chi connectivity index (χ0v) is 16.4. The van der Waals surface area contributed by atoms with Crippen molar-refractivity contribution in [2.75, 3.05) is 0 Å². The van der Waals surface area contributed by atoms with Crippen molar-refractivity contribution in [3.05, 3.63) is 0 Å². The molecule has 0 N–H and O–H groups in total. The number of Topliss-reactive ketones (excluding diaryl/α,β-unsaturated/α-hetero) is 3. The van der Waals surface area contributed by atoms with E-state index in [2.05, 4.69) is 29.5 Å². The second-order valence-electron chi connectivity index (χ2n) is 8.36. The minimum atomic E-state index is -0.347. The zero-order chi connectivity index (χ0) is 16.8. The lowest BCUT2D eigenvalue weighted by Gasteiger charge is -2.53. The van der Waals surface area contributed by atoms with Gasteiger partial charge in [-0.2, -0.15) is 0 Å². The number of rotatable bonds is 0. The Balaban J connectivity index is 1.91. The first-order valence-corrected chi connectivity index (χ1v) is 10.1. The smallest absolute Gasteiger partial charge is 0.148 e. The third kappa shape index (κ3) is 3.16. The predicted octanol–water partition coefficient (Wildman–Crippen LogP) is 4.29. The first-order valence-electron chi connectivity index (χ1n) is 9.01. The summed E-state index contributed by atoms with van der Waals surface area (Å²) >= 11 is 2.29. The van der Waals surface area contributed by atoms with Crippen molar-refractivity contribution in [2.24, 2.45) is 23.2 Å². The third-order valence-electron chi connectivity index (χ3n) is 7.03. The van der Waals surface area contributed by atoms with Crippen molar-refractivity contribution < 1.29 is 14.4 Å². The normalized spacial score (nSPS) is 45.5. The summed E-state index contributed by atoms with van der Waals surface area (Å²) in [6.45, 7) is 4.34. The topological polar surface area (TPSA) is 51.2 Å². The van der Waals surface area contributed by atoms with Gasteiger partial charge in [0.2, 0.25) is 0 Å². The Kier molecular flexibility index (Phi) is 4.76. The molecule has 3 fully saturated rings. The van der Waals surface area contributed by atoms with Crippen LogP contribution in [0.25, 0.3) is 0 Å². The van der Waals surface area contributed by atoms with E-state index in [0.717, 1.165) is 32.1 Å². The molecule has 0 aromatic carbocycles.